The number of benzene rings is 2. The van der Waals surface area contributed by atoms with Crippen molar-refractivity contribution in [3.05, 3.63) is 95.4 Å². The van der Waals surface area contributed by atoms with Gasteiger partial charge in [0.15, 0.2) is 5.96 Å². The van der Waals surface area contributed by atoms with Gasteiger partial charge in [0.2, 0.25) is 0 Å². The zero-order valence-electron chi connectivity index (χ0n) is 19.0. The predicted octanol–water partition coefficient (Wildman–Crippen LogP) is 4.09. The maximum Gasteiger partial charge on any atom is 0.191 e. The molecule has 3 rings (SSSR count). The van der Waals surface area contributed by atoms with E-state index in [1.165, 1.54) is 11.1 Å². The summed E-state index contributed by atoms with van der Waals surface area (Å²) in [5.74, 6) is 1.71. The molecule has 2 aromatic carbocycles. The number of aliphatic imine (C=N–C) groups is 1. The van der Waals surface area contributed by atoms with E-state index in [0.29, 0.717) is 19.5 Å². The molecular formula is C26H34N4O2. The van der Waals surface area contributed by atoms with E-state index in [4.69, 9.17) is 9.41 Å². The zero-order valence-corrected chi connectivity index (χ0v) is 19.0. The van der Waals surface area contributed by atoms with Gasteiger partial charge >= 0.3 is 0 Å². The Hall–Kier alpha value is -3.09. The standard InChI is InChI=1S/C26H34N4O2/c1-3-27-26(28-16-15-25(31)21-10-5-4-6-11-21)29-18-22-12-7-8-13-23(22)19-30(2)20-24-14-9-17-32-24/h4-14,17,25,31H,3,15-16,18-20H2,1-2H3,(H2,27,28,29). The van der Waals surface area contributed by atoms with Crippen LogP contribution < -0.4 is 10.6 Å². The van der Waals surface area contributed by atoms with Crippen molar-refractivity contribution in [3.63, 3.8) is 0 Å². The summed E-state index contributed by atoms with van der Waals surface area (Å²) in [6, 6.07) is 22.1. The summed E-state index contributed by atoms with van der Waals surface area (Å²) in [5.41, 5.74) is 3.38. The highest BCUT2D eigenvalue weighted by atomic mass is 16.3. The van der Waals surface area contributed by atoms with Crippen molar-refractivity contribution in [1.82, 2.24) is 15.5 Å². The summed E-state index contributed by atoms with van der Waals surface area (Å²) < 4.78 is 5.46. The summed E-state index contributed by atoms with van der Waals surface area (Å²) in [5, 5.41) is 17.0. The van der Waals surface area contributed by atoms with Gasteiger partial charge in [0.1, 0.15) is 5.76 Å². The van der Waals surface area contributed by atoms with Gasteiger partial charge < -0.3 is 20.2 Å². The highest BCUT2D eigenvalue weighted by Gasteiger charge is 2.09. The minimum atomic E-state index is -0.489. The molecule has 0 bridgehead atoms. The van der Waals surface area contributed by atoms with Gasteiger partial charge in [-0.25, -0.2) is 4.99 Å². The summed E-state index contributed by atoms with van der Waals surface area (Å²) in [4.78, 5) is 7.00. The number of aliphatic hydroxyl groups excluding tert-OH is 1. The molecule has 0 saturated heterocycles. The number of aliphatic hydroxyl groups is 1. The fourth-order valence-corrected chi connectivity index (χ4v) is 3.56. The van der Waals surface area contributed by atoms with E-state index in [0.717, 1.165) is 36.9 Å². The Bertz CT molecular complexity index is 941. The molecule has 3 N–H and O–H groups in total. The molecule has 1 heterocycles. The molecule has 170 valence electrons. The molecular weight excluding hydrogens is 400 g/mol. The lowest BCUT2D eigenvalue weighted by molar-refractivity contribution is 0.168. The third-order valence-corrected chi connectivity index (χ3v) is 5.21. The van der Waals surface area contributed by atoms with Crippen LogP contribution in [-0.4, -0.2) is 36.1 Å². The molecule has 1 unspecified atom stereocenters. The number of guanidine groups is 1. The average molecular weight is 435 g/mol. The van der Waals surface area contributed by atoms with E-state index in [-0.39, 0.29) is 0 Å². The van der Waals surface area contributed by atoms with Gasteiger partial charge in [0, 0.05) is 19.6 Å². The van der Waals surface area contributed by atoms with E-state index < -0.39 is 6.10 Å². The van der Waals surface area contributed by atoms with Gasteiger partial charge in [-0.2, -0.15) is 0 Å². The molecule has 0 aliphatic carbocycles. The van der Waals surface area contributed by atoms with Crippen LogP contribution in [0.3, 0.4) is 0 Å². The van der Waals surface area contributed by atoms with Gasteiger partial charge in [-0.15, -0.1) is 0 Å². The van der Waals surface area contributed by atoms with Gasteiger partial charge in [-0.3, -0.25) is 4.90 Å². The molecule has 3 aromatic rings. The normalized spacial score (nSPS) is 12.7. The summed E-state index contributed by atoms with van der Waals surface area (Å²) in [7, 11) is 2.09. The maximum atomic E-state index is 10.4. The molecule has 0 aliphatic rings. The van der Waals surface area contributed by atoms with Crippen LogP contribution >= 0.6 is 0 Å². The molecule has 0 saturated carbocycles. The van der Waals surface area contributed by atoms with E-state index in [1.54, 1.807) is 6.26 Å². The van der Waals surface area contributed by atoms with E-state index in [2.05, 4.69) is 46.8 Å². The Kier molecular flexibility index (Phi) is 9.35. The molecule has 0 amide bonds. The van der Waals surface area contributed by atoms with Crippen LogP contribution in [-0.2, 0) is 19.6 Å². The molecule has 32 heavy (non-hydrogen) atoms. The van der Waals surface area contributed by atoms with Crippen LogP contribution in [0.1, 0.15) is 41.9 Å². The van der Waals surface area contributed by atoms with Crippen molar-refractivity contribution >= 4 is 5.96 Å². The maximum absolute atomic E-state index is 10.4. The highest BCUT2D eigenvalue weighted by molar-refractivity contribution is 5.79. The van der Waals surface area contributed by atoms with Crippen molar-refractivity contribution in [2.75, 3.05) is 20.1 Å². The SMILES string of the molecule is CCNC(=NCc1ccccc1CN(C)Cc1ccco1)NCCC(O)c1ccccc1. The van der Waals surface area contributed by atoms with Crippen LogP contribution in [0, 0.1) is 0 Å². The molecule has 6 heteroatoms. The molecule has 0 spiro atoms. The number of hydrogen-bond acceptors (Lipinski definition) is 4. The van der Waals surface area contributed by atoms with Gasteiger partial charge in [-0.1, -0.05) is 54.6 Å². The lowest BCUT2D eigenvalue weighted by atomic mass is 10.1. The van der Waals surface area contributed by atoms with Gasteiger partial charge in [0.05, 0.1) is 25.5 Å². The highest BCUT2D eigenvalue weighted by Crippen LogP contribution is 2.16. The first-order valence-electron chi connectivity index (χ1n) is 11.2. The third-order valence-electron chi connectivity index (χ3n) is 5.21. The minimum absolute atomic E-state index is 0.489. The minimum Gasteiger partial charge on any atom is -0.468 e. The van der Waals surface area contributed by atoms with Crippen LogP contribution in [0.4, 0.5) is 0 Å². The predicted molar refractivity (Wildman–Crippen MR) is 129 cm³/mol. The molecule has 0 radical (unpaired) electrons. The smallest absolute Gasteiger partial charge is 0.191 e. The largest absolute Gasteiger partial charge is 0.468 e. The fourth-order valence-electron chi connectivity index (χ4n) is 3.56. The summed E-state index contributed by atoms with van der Waals surface area (Å²) >= 11 is 0. The Balaban J connectivity index is 1.56. The average Bonchev–Trinajstić information content (AvgIpc) is 3.31. The first-order valence-corrected chi connectivity index (χ1v) is 11.2. The number of furan rings is 1. The molecule has 0 aliphatic heterocycles. The second-order valence-electron chi connectivity index (χ2n) is 7.86. The first-order chi connectivity index (χ1) is 15.7. The molecule has 1 atom stereocenters. The third kappa shape index (κ3) is 7.55. The second kappa shape index (κ2) is 12.7. The van der Waals surface area contributed by atoms with E-state index in [9.17, 15) is 5.11 Å². The monoisotopic (exact) mass is 434 g/mol. The number of hydrogen-bond donors (Lipinski definition) is 3. The fraction of sp³-hybridized carbons (Fsp3) is 0.346. The second-order valence-corrected chi connectivity index (χ2v) is 7.86. The van der Waals surface area contributed by atoms with E-state index >= 15 is 0 Å². The van der Waals surface area contributed by atoms with Crippen molar-refractivity contribution in [3.8, 4) is 0 Å². The Morgan fingerprint density at radius 3 is 2.44 bits per heavy atom. The Labute approximate surface area is 191 Å². The first kappa shape index (κ1) is 23.6. The number of rotatable bonds is 11. The van der Waals surface area contributed by atoms with E-state index in [1.807, 2.05) is 49.4 Å². The lowest BCUT2D eigenvalue weighted by Crippen LogP contribution is -2.38. The summed E-state index contributed by atoms with van der Waals surface area (Å²) in [6.45, 7) is 5.63. The van der Waals surface area contributed by atoms with Crippen molar-refractivity contribution in [2.45, 2.75) is 39.1 Å². The molecule has 1 aromatic heterocycles. The zero-order chi connectivity index (χ0) is 22.6. The Morgan fingerprint density at radius 2 is 1.72 bits per heavy atom. The van der Waals surface area contributed by atoms with Crippen LogP contribution in [0.25, 0.3) is 0 Å². The van der Waals surface area contributed by atoms with Crippen molar-refractivity contribution in [2.24, 2.45) is 4.99 Å². The molecule has 6 nitrogen and oxygen atoms in total. The van der Waals surface area contributed by atoms with Crippen LogP contribution in [0.2, 0.25) is 0 Å². The quantitative estimate of drug-likeness (QED) is 0.313. The number of nitrogens with one attached hydrogen (secondary N) is 2. The van der Waals surface area contributed by atoms with Crippen molar-refractivity contribution < 1.29 is 9.52 Å². The Morgan fingerprint density at radius 1 is 0.969 bits per heavy atom. The van der Waals surface area contributed by atoms with Gasteiger partial charge in [-0.05, 0) is 49.2 Å². The summed E-state index contributed by atoms with van der Waals surface area (Å²) in [6.07, 6.45) is 1.83. The van der Waals surface area contributed by atoms with Gasteiger partial charge in [0.25, 0.3) is 0 Å². The number of nitrogens with zero attached hydrogens (tertiary/aromatic N) is 2. The topological polar surface area (TPSA) is 73.0 Å². The van der Waals surface area contributed by atoms with Crippen molar-refractivity contribution in [1.29, 1.82) is 0 Å². The van der Waals surface area contributed by atoms with Crippen LogP contribution in [0.15, 0.2) is 82.4 Å². The lowest BCUT2D eigenvalue weighted by Gasteiger charge is -2.18. The van der Waals surface area contributed by atoms with Crippen LogP contribution in [0.5, 0.6) is 0 Å². The molecule has 0 fully saturated rings.